The zero-order valence-electron chi connectivity index (χ0n) is 22.7. The monoisotopic (exact) mass is 552 g/mol. The number of amides is 2. The highest BCUT2D eigenvalue weighted by atomic mass is 35.5. The van der Waals surface area contributed by atoms with Crippen LogP contribution in [0.5, 0.6) is 0 Å². The Morgan fingerprint density at radius 2 is 1.55 bits per heavy atom. The third kappa shape index (κ3) is 8.89. The summed E-state index contributed by atoms with van der Waals surface area (Å²) in [6.45, 7) is 9.18. The number of carbonyl (C=O) groups is 2. The molecule has 0 aliphatic heterocycles. The van der Waals surface area contributed by atoms with Crippen molar-refractivity contribution in [3.05, 3.63) is 105 Å². The minimum atomic E-state index is -0.682. The lowest BCUT2D eigenvalue weighted by Gasteiger charge is -2.32. The molecule has 0 fully saturated rings. The van der Waals surface area contributed by atoms with E-state index in [0.29, 0.717) is 41.3 Å². The molecule has 1 N–H and O–H groups in total. The number of carbonyl (C=O) groups excluding carboxylic acids is 2. The van der Waals surface area contributed by atoms with Gasteiger partial charge in [-0.1, -0.05) is 112 Å². The first-order valence-electron chi connectivity index (χ1n) is 13.3. The van der Waals surface area contributed by atoms with Crippen LogP contribution in [-0.4, -0.2) is 29.3 Å². The van der Waals surface area contributed by atoms with E-state index in [0.717, 1.165) is 16.7 Å². The fraction of sp³-hybridized carbons (Fsp3) is 0.375. The lowest BCUT2D eigenvalue weighted by atomic mass is 9.99. The summed E-state index contributed by atoms with van der Waals surface area (Å²) in [6, 6.07) is 22.8. The van der Waals surface area contributed by atoms with Gasteiger partial charge in [0.05, 0.1) is 0 Å². The second kappa shape index (κ2) is 14.4. The molecule has 0 aliphatic rings. The Bertz CT molecular complexity index is 1190. The maximum Gasteiger partial charge on any atom is 0.243 e. The predicted octanol–water partition coefficient (Wildman–Crippen LogP) is 7.46. The van der Waals surface area contributed by atoms with Gasteiger partial charge in [0.15, 0.2) is 0 Å². The predicted molar refractivity (Wildman–Crippen MR) is 158 cm³/mol. The highest BCUT2D eigenvalue weighted by Crippen LogP contribution is 2.25. The van der Waals surface area contributed by atoms with Gasteiger partial charge in [0.2, 0.25) is 11.8 Å². The summed E-state index contributed by atoms with van der Waals surface area (Å²) in [7, 11) is 0. The highest BCUT2D eigenvalue weighted by Gasteiger charge is 2.30. The molecule has 3 aromatic rings. The van der Waals surface area contributed by atoms with Gasteiger partial charge in [0, 0.05) is 36.0 Å². The molecular formula is C32H38Cl2N2O2. The Morgan fingerprint density at radius 3 is 2.16 bits per heavy atom. The van der Waals surface area contributed by atoms with E-state index in [1.165, 1.54) is 5.56 Å². The van der Waals surface area contributed by atoms with Crippen LogP contribution >= 0.6 is 23.2 Å². The quantitative estimate of drug-likeness (QED) is 0.253. The molecule has 2 amide bonds. The summed E-state index contributed by atoms with van der Waals surface area (Å²) < 4.78 is 0. The van der Waals surface area contributed by atoms with Crippen molar-refractivity contribution in [2.24, 2.45) is 5.92 Å². The van der Waals surface area contributed by atoms with E-state index < -0.39 is 6.04 Å². The van der Waals surface area contributed by atoms with Gasteiger partial charge in [-0.25, -0.2) is 0 Å². The van der Waals surface area contributed by atoms with Gasteiger partial charge < -0.3 is 10.2 Å². The number of halogens is 2. The average Bonchev–Trinajstić information content (AvgIpc) is 2.89. The SMILES string of the molecule is CC(C)CNC(=O)[C@@H](Cc1ccccc1)N(Cc1ccc(Cl)cc1Cl)C(=O)CCc1ccc(C(C)C)cc1. The van der Waals surface area contributed by atoms with E-state index in [1.807, 2.05) is 50.2 Å². The van der Waals surface area contributed by atoms with Crippen LogP contribution in [0.4, 0.5) is 0 Å². The van der Waals surface area contributed by atoms with Crippen LogP contribution in [0, 0.1) is 5.92 Å². The van der Waals surface area contributed by atoms with Crippen molar-refractivity contribution < 1.29 is 9.59 Å². The molecule has 0 radical (unpaired) electrons. The van der Waals surface area contributed by atoms with Gasteiger partial charge in [0.1, 0.15) is 6.04 Å². The van der Waals surface area contributed by atoms with Crippen molar-refractivity contribution in [2.75, 3.05) is 6.54 Å². The zero-order chi connectivity index (χ0) is 27.7. The number of nitrogens with zero attached hydrogens (tertiary/aromatic N) is 1. The highest BCUT2D eigenvalue weighted by molar-refractivity contribution is 6.35. The number of nitrogens with one attached hydrogen (secondary N) is 1. The number of hydrogen-bond donors (Lipinski definition) is 1. The third-order valence-corrected chi connectivity index (χ3v) is 7.17. The molecule has 1 atom stereocenters. The fourth-order valence-corrected chi connectivity index (χ4v) is 4.74. The van der Waals surface area contributed by atoms with Crippen LogP contribution in [0.15, 0.2) is 72.8 Å². The van der Waals surface area contributed by atoms with Crippen molar-refractivity contribution in [3.63, 3.8) is 0 Å². The topological polar surface area (TPSA) is 49.4 Å². The van der Waals surface area contributed by atoms with Crippen LogP contribution in [-0.2, 0) is 29.0 Å². The molecule has 3 rings (SSSR count). The van der Waals surface area contributed by atoms with Crippen molar-refractivity contribution in [1.82, 2.24) is 10.2 Å². The van der Waals surface area contributed by atoms with E-state index in [4.69, 9.17) is 23.2 Å². The molecule has 0 heterocycles. The molecule has 38 heavy (non-hydrogen) atoms. The van der Waals surface area contributed by atoms with Crippen LogP contribution in [0.3, 0.4) is 0 Å². The minimum absolute atomic E-state index is 0.0930. The van der Waals surface area contributed by atoms with E-state index in [1.54, 1.807) is 17.0 Å². The number of rotatable bonds is 12. The molecule has 202 valence electrons. The van der Waals surface area contributed by atoms with Crippen LogP contribution < -0.4 is 5.32 Å². The molecule has 0 spiro atoms. The van der Waals surface area contributed by atoms with Crippen LogP contribution in [0.2, 0.25) is 10.0 Å². The Kier molecular flexibility index (Phi) is 11.2. The normalized spacial score (nSPS) is 12.0. The van der Waals surface area contributed by atoms with Gasteiger partial charge in [-0.15, -0.1) is 0 Å². The first kappa shape index (κ1) is 29.7. The van der Waals surface area contributed by atoms with E-state index in [2.05, 4.69) is 43.4 Å². The number of aryl methyl sites for hydroxylation is 1. The summed E-state index contributed by atoms with van der Waals surface area (Å²) in [5.41, 5.74) is 4.10. The van der Waals surface area contributed by atoms with Gasteiger partial charge >= 0.3 is 0 Å². The van der Waals surface area contributed by atoms with Gasteiger partial charge in [-0.05, 0) is 52.6 Å². The van der Waals surface area contributed by atoms with Crippen LogP contribution in [0.1, 0.15) is 62.3 Å². The lowest BCUT2D eigenvalue weighted by molar-refractivity contribution is -0.141. The molecule has 0 saturated heterocycles. The molecule has 0 aromatic heterocycles. The lowest BCUT2D eigenvalue weighted by Crippen LogP contribution is -2.51. The summed E-state index contributed by atoms with van der Waals surface area (Å²) in [5.74, 6) is 0.486. The zero-order valence-corrected chi connectivity index (χ0v) is 24.2. The molecule has 0 saturated carbocycles. The van der Waals surface area contributed by atoms with E-state index >= 15 is 0 Å². The number of benzene rings is 3. The molecule has 0 unspecified atom stereocenters. The maximum absolute atomic E-state index is 13.8. The van der Waals surface area contributed by atoms with Crippen molar-refractivity contribution in [3.8, 4) is 0 Å². The third-order valence-electron chi connectivity index (χ3n) is 6.59. The van der Waals surface area contributed by atoms with Crippen molar-refractivity contribution in [2.45, 2.75) is 65.5 Å². The largest absolute Gasteiger partial charge is 0.354 e. The molecule has 0 bridgehead atoms. The Hall–Kier alpha value is -2.82. The first-order chi connectivity index (χ1) is 18.1. The summed E-state index contributed by atoms with van der Waals surface area (Å²) in [6.07, 6.45) is 1.29. The summed E-state index contributed by atoms with van der Waals surface area (Å²) in [4.78, 5) is 29.0. The van der Waals surface area contributed by atoms with Crippen molar-refractivity contribution in [1.29, 1.82) is 0 Å². The summed E-state index contributed by atoms with van der Waals surface area (Å²) >= 11 is 12.6. The van der Waals surface area contributed by atoms with Gasteiger partial charge in [0.25, 0.3) is 0 Å². The van der Waals surface area contributed by atoms with Crippen LogP contribution in [0.25, 0.3) is 0 Å². The second-order valence-corrected chi connectivity index (χ2v) is 11.3. The van der Waals surface area contributed by atoms with Crippen molar-refractivity contribution >= 4 is 35.0 Å². The first-order valence-corrected chi connectivity index (χ1v) is 14.0. The standard InChI is InChI=1S/C32H38Cl2N2O2/c1-22(2)20-35-32(38)30(18-25-8-6-5-7-9-25)36(21-27-15-16-28(33)19-29(27)34)31(37)17-12-24-10-13-26(14-11-24)23(3)4/h5-11,13-16,19,22-23,30H,12,17-18,20-21H2,1-4H3,(H,35,38)/t30-/m1/s1. The fourth-order valence-electron chi connectivity index (χ4n) is 4.27. The van der Waals surface area contributed by atoms with Gasteiger partial charge in [-0.2, -0.15) is 0 Å². The van der Waals surface area contributed by atoms with Gasteiger partial charge in [-0.3, -0.25) is 9.59 Å². The Morgan fingerprint density at radius 1 is 0.868 bits per heavy atom. The smallest absolute Gasteiger partial charge is 0.243 e. The Balaban J connectivity index is 1.90. The molecule has 6 heteroatoms. The minimum Gasteiger partial charge on any atom is -0.354 e. The molecule has 0 aliphatic carbocycles. The number of hydrogen-bond acceptors (Lipinski definition) is 2. The van der Waals surface area contributed by atoms with E-state index in [9.17, 15) is 9.59 Å². The Labute approximate surface area is 237 Å². The summed E-state index contributed by atoms with van der Waals surface area (Å²) in [5, 5.41) is 4.05. The maximum atomic E-state index is 13.8. The second-order valence-electron chi connectivity index (χ2n) is 10.5. The molecular weight excluding hydrogens is 515 g/mol. The molecule has 3 aromatic carbocycles. The average molecular weight is 554 g/mol. The molecule has 4 nitrogen and oxygen atoms in total. The van der Waals surface area contributed by atoms with E-state index in [-0.39, 0.29) is 24.8 Å².